The summed E-state index contributed by atoms with van der Waals surface area (Å²) in [6.45, 7) is -1.40. The standard InChI is InChI=1S/C5H17N2O3PS/c6-2-1-3-7-4-5-12-11(8,9)10/h7-10,12H,1-6H2. The van der Waals surface area contributed by atoms with Crippen LogP contribution in [0.2, 0.25) is 0 Å². The molecule has 0 radical (unpaired) electrons. The van der Waals surface area contributed by atoms with Crippen molar-refractivity contribution in [1.29, 1.82) is 0 Å². The summed E-state index contributed by atoms with van der Waals surface area (Å²) in [5.41, 5.74) is 5.26. The molecule has 0 aromatic rings. The molecule has 0 saturated carbocycles. The minimum Gasteiger partial charge on any atom is -0.330 e. The van der Waals surface area contributed by atoms with Gasteiger partial charge in [-0.05, 0) is 19.5 Å². The third-order valence-electron chi connectivity index (χ3n) is 1.14. The highest BCUT2D eigenvalue weighted by molar-refractivity contribution is 8.16. The Morgan fingerprint density at radius 2 is 1.92 bits per heavy atom. The molecule has 0 aliphatic carbocycles. The van der Waals surface area contributed by atoms with Crippen molar-refractivity contribution in [2.24, 2.45) is 5.73 Å². The van der Waals surface area contributed by atoms with Gasteiger partial charge >= 0.3 is 0 Å². The van der Waals surface area contributed by atoms with Gasteiger partial charge in [0.2, 0.25) is 0 Å². The lowest BCUT2D eigenvalue weighted by Crippen LogP contribution is -2.21. The van der Waals surface area contributed by atoms with E-state index in [2.05, 4.69) is 5.32 Å². The van der Waals surface area contributed by atoms with Crippen molar-refractivity contribution in [2.45, 2.75) is 6.42 Å². The summed E-state index contributed by atoms with van der Waals surface area (Å²) in [6, 6.07) is 0. The van der Waals surface area contributed by atoms with Gasteiger partial charge in [-0.3, -0.25) is 0 Å². The molecule has 6 N–H and O–H groups in total. The minimum absolute atomic E-state index is 0.307. The second-order valence-corrected chi connectivity index (χ2v) is 6.56. The zero-order valence-corrected chi connectivity index (χ0v) is 8.64. The van der Waals surface area contributed by atoms with Crippen LogP contribution in [-0.4, -0.2) is 40.1 Å². The summed E-state index contributed by atoms with van der Waals surface area (Å²) < 4.78 is 0. The molecule has 12 heavy (non-hydrogen) atoms. The molecule has 0 heterocycles. The van der Waals surface area contributed by atoms with Crippen LogP contribution >= 0.6 is 6.72 Å². The lowest BCUT2D eigenvalue weighted by atomic mass is 10.4. The van der Waals surface area contributed by atoms with Crippen LogP contribution in [0.4, 0.5) is 0 Å². The molecule has 0 fully saturated rings. The van der Waals surface area contributed by atoms with E-state index in [1.807, 2.05) is 0 Å². The van der Waals surface area contributed by atoms with Crippen molar-refractivity contribution >= 4 is 17.7 Å². The summed E-state index contributed by atoms with van der Waals surface area (Å²) in [5.74, 6) is 0.544. The van der Waals surface area contributed by atoms with Gasteiger partial charge in [-0.25, -0.2) is 0 Å². The molecule has 5 nitrogen and oxygen atoms in total. The lowest BCUT2D eigenvalue weighted by molar-refractivity contribution is 0.363. The largest absolute Gasteiger partial charge is 0.330 e. The third-order valence-corrected chi connectivity index (χ3v) is 3.68. The first kappa shape index (κ1) is 12.6. The van der Waals surface area contributed by atoms with Crippen LogP contribution in [0.15, 0.2) is 0 Å². The SMILES string of the molecule is NCCCNCC[SH]=P(O)(O)O. The van der Waals surface area contributed by atoms with Gasteiger partial charge in [0.25, 0.3) is 6.72 Å². The second-order valence-electron chi connectivity index (χ2n) is 2.29. The Morgan fingerprint density at radius 3 is 2.42 bits per heavy atom. The van der Waals surface area contributed by atoms with E-state index in [-0.39, 0.29) is 0 Å². The summed E-state index contributed by atoms with van der Waals surface area (Å²) in [5, 5.41) is 3.06. The second kappa shape index (κ2) is 7.03. The smallest absolute Gasteiger partial charge is 0.274 e. The third kappa shape index (κ3) is 10.6. The van der Waals surface area contributed by atoms with Gasteiger partial charge in [-0.1, -0.05) is 0 Å². The Labute approximate surface area is 75.8 Å². The number of nitrogens with one attached hydrogen (secondary N) is 1. The van der Waals surface area contributed by atoms with Crippen molar-refractivity contribution in [3.05, 3.63) is 0 Å². The van der Waals surface area contributed by atoms with Crippen LogP contribution < -0.4 is 11.1 Å². The van der Waals surface area contributed by atoms with Gasteiger partial charge in [0, 0.05) is 12.3 Å². The van der Waals surface area contributed by atoms with Gasteiger partial charge in [0.1, 0.15) is 0 Å². The Balaban J connectivity index is 3.22. The lowest BCUT2D eigenvalue weighted by Gasteiger charge is -2.03. The van der Waals surface area contributed by atoms with E-state index >= 15 is 0 Å². The number of hydrogen-bond acceptors (Lipinski definition) is 2. The quantitative estimate of drug-likeness (QED) is 0.182. The van der Waals surface area contributed by atoms with Crippen LogP contribution in [0.1, 0.15) is 6.42 Å². The number of thiol groups is 1. The fourth-order valence-corrected chi connectivity index (χ4v) is 2.25. The highest BCUT2D eigenvalue weighted by Gasteiger charge is 1.98. The van der Waals surface area contributed by atoms with Crippen molar-refractivity contribution in [2.75, 3.05) is 25.4 Å². The summed E-state index contributed by atoms with van der Waals surface area (Å²) in [4.78, 5) is 25.7. The number of hydrogen-bond donors (Lipinski definition) is 6. The zero-order chi connectivity index (χ0) is 9.45. The van der Waals surface area contributed by atoms with E-state index in [0.717, 1.165) is 13.0 Å². The van der Waals surface area contributed by atoms with E-state index < -0.39 is 6.72 Å². The van der Waals surface area contributed by atoms with Gasteiger partial charge in [0.15, 0.2) is 0 Å². The molecule has 0 bridgehead atoms. The predicted octanol–water partition coefficient (Wildman–Crippen LogP) is -1.61. The molecule has 0 saturated heterocycles. The van der Waals surface area contributed by atoms with Crippen LogP contribution in [0, 0.1) is 0 Å². The number of nitrogens with two attached hydrogens (primary N) is 1. The molecule has 0 atom stereocenters. The van der Waals surface area contributed by atoms with Gasteiger partial charge in [-0.2, -0.15) is 0 Å². The molecular weight excluding hydrogens is 199 g/mol. The summed E-state index contributed by atoms with van der Waals surface area (Å²) in [6.07, 6.45) is 0.911. The normalized spacial score (nSPS) is 12.0. The minimum atomic E-state index is -3.56. The fraction of sp³-hybridized carbons (Fsp3) is 1.00. The molecular formula is C5H17N2O3PS. The van der Waals surface area contributed by atoms with E-state index in [1.165, 1.54) is 0 Å². The average Bonchev–Trinajstić information content (AvgIpc) is 1.94. The van der Waals surface area contributed by atoms with Gasteiger partial charge in [0.05, 0.1) is 0 Å². The molecule has 0 aromatic heterocycles. The molecule has 0 spiro atoms. The maximum Gasteiger partial charge on any atom is 0.274 e. The van der Waals surface area contributed by atoms with Crippen molar-refractivity contribution in [1.82, 2.24) is 5.32 Å². The molecule has 0 unspecified atom stereocenters. The van der Waals surface area contributed by atoms with E-state index in [0.29, 0.717) is 29.8 Å². The first-order chi connectivity index (χ1) is 5.56. The van der Waals surface area contributed by atoms with E-state index in [9.17, 15) is 0 Å². The Hall–Kier alpha value is 0.580. The predicted molar refractivity (Wildman–Crippen MR) is 53.7 cm³/mol. The first-order valence-corrected chi connectivity index (χ1v) is 7.16. The zero-order valence-electron chi connectivity index (χ0n) is 6.85. The molecule has 0 amide bonds. The van der Waals surface area contributed by atoms with E-state index in [4.69, 9.17) is 20.4 Å². The monoisotopic (exact) mass is 216 g/mol. The molecule has 0 rings (SSSR count). The Kier molecular flexibility index (Phi) is 7.37. The average molecular weight is 216 g/mol. The van der Waals surface area contributed by atoms with Crippen LogP contribution in [-0.2, 0) is 10.9 Å². The van der Waals surface area contributed by atoms with Gasteiger partial charge < -0.3 is 25.7 Å². The summed E-state index contributed by atoms with van der Waals surface area (Å²) in [7, 11) is 0.307. The highest BCUT2D eigenvalue weighted by atomic mass is 32.5. The molecule has 0 aliphatic rings. The topological polar surface area (TPSA) is 98.7 Å². The molecule has 76 valence electrons. The first-order valence-electron chi connectivity index (χ1n) is 3.73. The van der Waals surface area contributed by atoms with Crippen molar-refractivity contribution < 1.29 is 14.7 Å². The Morgan fingerprint density at radius 1 is 1.25 bits per heavy atom. The highest BCUT2D eigenvalue weighted by Crippen LogP contribution is 2.30. The van der Waals surface area contributed by atoms with Crippen LogP contribution in [0.5, 0.6) is 0 Å². The van der Waals surface area contributed by atoms with Crippen LogP contribution in [0.25, 0.3) is 0 Å². The molecule has 7 heteroatoms. The van der Waals surface area contributed by atoms with Crippen LogP contribution in [0.3, 0.4) is 0 Å². The molecule has 0 aliphatic heterocycles. The van der Waals surface area contributed by atoms with E-state index in [1.54, 1.807) is 0 Å². The van der Waals surface area contributed by atoms with Crippen molar-refractivity contribution in [3.8, 4) is 0 Å². The molecule has 0 aromatic carbocycles. The van der Waals surface area contributed by atoms with Gasteiger partial charge in [-0.15, -0.1) is 10.9 Å². The number of rotatable bonds is 6. The maximum absolute atomic E-state index is 8.58. The summed E-state index contributed by atoms with van der Waals surface area (Å²) >= 11 is 0. The maximum atomic E-state index is 8.58. The van der Waals surface area contributed by atoms with Crippen molar-refractivity contribution in [3.63, 3.8) is 0 Å². The Bertz CT molecular complexity index is 153. The fourth-order valence-electron chi connectivity index (χ4n) is 0.615.